The molecule has 0 atom stereocenters. The molecule has 2 rings (SSSR count). The molecule has 0 aliphatic heterocycles. The fraction of sp³-hybridized carbons (Fsp3) is 0.714. The third-order valence-electron chi connectivity index (χ3n) is 3.57. The van der Waals surface area contributed by atoms with Crippen LogP contribution in [0.4, 0.5) is 0 Å². The van der Waals surface area contributed by atoms with Crippen molar-refractivity contribution in [2.24, 2.45) is 0 Å². The quantitative estimate of drug-likeness (QED) is 0.473. The van der Waals surface area contributed by atoms with Gasteiger partial charge in [0, 0.05) is 17.9 Å². The maximum Gasteiger partial charge on any atom is 0.253 e. The Hall–Kier alpha value is -0.970. The van der Waals surface area contributed by atoms with Crippen LogP contribution in [-0.4, -0.2) is 15.3 Å². The Balaban J connectivity index is 2.25. The predicted molar refractivity (Wildman–Crippen MR) is 75.7 cm³/mol. The summed E-state index contributed by atoms with van der Waals surface area (Å²) < 4.78 is 1.76. The second-order valence-corrected chi connectivity index (χ2v) is 6.14. The second kappa shape index (κ2) is 6.98. The van der Waals surface area contributed by atoms with Crippen molar-refractivity contribution in [3.63, 3.8) is 0 Å². The molecule has 1 heterocycles. The molecule has 1 fully saturated rings. The minimum Gasteiger partial charge on any atom is -0.858 e. The summed E-state index contributed by atoms with van der Waals surface area (Å²) in [6, 6.07) is 1.36. The maximum absolute atomic E-state index is 12.1. The Kier molecular flexibility index (Phi) is 5.31. The van der Waals surface area contributed by atoms with Gasteiger partial charge in [0.25, 0.3) is 5.56 Å². The van der Waals surface area contributed by atoms with Gasteiger partial charge in [0.05, 0.1) is 0 Å². The van der Waals surface area contributed by atoms with Crippen molar-refractivity contribution >= 4 is 11.8 Å². The summed E-state index contributed by atoms with van der Waals surface area (Å²) in [5.74, 6) is 0.509. The second-order valence-electron chi connectivity index (χ2n) is 5.08. The van der Waals surface area contributed by atoms with E-state index in [0.29, 0.717) is 5.16 Å². The molecule has 5 heteroatoms. The number of thioether (sulfide) groups is 1. The van der Waals surface area contributed by atoms with Crippen molar-refractivity contribution < 1.29 is 5.11 Å². The summed E-state index contributed by atoms with van der Waals surface area (Å²) in [6.07, 6.45) is 7.81. The van der Waals surface area contributed by atoms with E-state index in [-0.39, 0.29) is 11.6 Å². The summed E-state index contributed by atoms with van der Waals surface area (Å²) in [5, 5.41) is 12.1. The van der Waals surface area contributed by atoms with Crippen LogP contribution in [-0.2, 0) is 0 Å². The molecule has 1 saturated carbocycles. The summed E-state index contributed by atoms with van der Waals surface area (Å²) in [5.41, 5.74) is -0.175. The first kappa shape index (κ1) is 14.4. The van der Waals surface area contributed by atoms with Crippen LogP contribution >= 0.6 is 11.8 Å². The molecule has 0 amide bonds. The van der Waals surface area contributed by atoms with Crippen molar-refractivity contribution in [3.05, 3.63) is 16.4 Å². The van der Waals surface area contributed by atoms with Crippen molar-refractivity contribution in [2.45, 2.75) is 63.1 Å². The van der Waals surface area contributed by atoms with E-state index in [9.17, 15) is 9.90 Å². The highest BCUT2D eigenvalue weighted by Crippen LogP contribution is 2.30. The van der Waals surface area contributed by atoms with E-state index in [1.165, 1.54) is 6.42 Å². The van der Waals surface area contributed by atoms with Gasteiger partial charge in [0.15, 0.2) is 5.16 Å². The standard InChI is InChI=1S/C14H22N2O2S/c1-2-3-9-19-14-15-12(17)10-13(18)16(14)11-7-5-4-6-8-11/h10-11,17H,2-9H2,1H3/p-1. The average molecular weight is 281 g/mol. The number of rotatable bonds is 5. The molecule has 0 N–H and O–H groups in total. The molecule has 4 nitrogen and oxygen atoms in total. The number of unbranched alkanes of at least 4 members (excludes halogenated alkanes) is 1. The van der Waals surface area contributed by atoms with Crippen LogP contribution in [0.15, 0.2) is 16.0 Å². The largest absolute Gasteiger partial charge is 0.858 e. The van der Waals surface area contributed by atoms with Crippen LogP contribution in [0.5, 0.6) is 5.88 Å². The van der Waals surface area contributed by atoms with E-state index in [0.717, 1.165) is 50.3 Å². The van der Waals surface area contributed by atoms with E-state index in [1.54, 1.807) is 16.3 Å². The molecule has 1 aliphatic rings. The minimum atomic E-state index is -0.406. The fourth-order valence-electron chi connectivity index (χ4n) is 2.53. The zero-order chi connectivity index (χ0) is 13.7. The molecule has 0 bridgehead atoms. The highest BCUT2D eigenvalue weighted by Gasteiger charge is 2.19. The Morgan fingerprint density at radius 1 is 1.42 bits per heavy atom. The molecular weight excluding hydrogens is 260 g/mol. The van der Waals surface area contributed by atoms with Crippen molar-refractivity contribution in [2.75, 3.05) is 5.75 Å². The van der Waals surface area contributed by atoms with Crippen molar-refractivity contribution in [3.8, 4) is 5.88 Å². The fourth-order valence-corrected chi connectivity index (χ4v) is 3.68. The van der Waals surface area contributed by atoms with E-state index < -0.39 is 5.88 Å². The zero-order valence-corrected chi connectivity index (χ0v) is 12.2. The van der Waals surface area contributed by atoms with Gasteiger partial charge in [0.2, 0.25) is 0 Å². The first-order chi connectivity index (χ1) is 9.22. The van der Waals surface area contributed by atoms with Gasteiger partial charge in [-0.3, -0.25) is 9.36 Å². The summed E-state index contributed by atoms with van der Waals surface area (Å²) in [6.45, 7) is 2.13. The number of hydrogen-bond donors (Lipinski definition) is 0. The minimum absolute atomic E-state index is 0.175. The molecule has 0 spiro atoms. The lowest BCUT2D eigenvalue weighted by atomic mass is 9.95. The third-order valence-corrected chi connectivity index (χ3v) is 4.60. The molecular formula is C14H21N2O2S-. The molecule has 0 saturated heterocycles. The molecule has 19 heavy (non-hydrogen) atoms. The van der Waals surface area contributed by atoms with Crippen molar-refractivity contribution in [1.29, 1.82) is 0 Å². The lowest BCUT2D eigenvalue weighted by Crippen LogP contribution is -2.28. The van der Waals surface area contributed by atoms with Crippen LogP contribution < -0.4 is 10.7 Å². The average Bonchev–Trinajstić information content (AvgIpc) is 2.39. The molecule has 1 aliphatic carbocycles. The molecule has 0 unspecified atom stereocenters. The highest BCUT2D eigenvalue weighted by molar-refractivity contribution is 7.99. The van der Waals surface area contributed by atoms with Crippen LogP contribution in [0.25, 0.3) is 0 Å². The van der Waals surface area contributed by atoms with Gasteiger partial charge in [-0.2, -0.15) is 0 Å². The zero-order valence-electron chi connectivity index (χ0n) is 11.4. The SMILES string of the molecule is CCCCSc1nc([O-])cc(=O)n1C1CCCCC1. The van der Waals surface area contributed by atoms with Crippen LogP contribution in [0.1, 0.15) is 57.9 Å². The molecule has 1 aromatic heterocycles. The number of hydrogen-bond acceptors (Lipinski definition) is 4. The van der Waals surface area contributed by atoms with Gasteiger partial charge in [-0.15, -0.1) is 0 Å². The lowest BCUT2D eigenvalue weighted by molar-refractivity contribution is -0.276. The van der Waals surface area contributed by atoms with Crippen LogP contribution in [0, 0.1) is 0 Å². The van der Waals surface area contributed by atoms with Gasteiger partial charge < -0.3 is 5.11 Å². The first-order valence-corrected chi connectivity index (χ1v) is 8.14. The molecule has 0 aromatic carbocycles. The molecule has 0 radical (unpaired) electrons. The normalized spacial score (nSPS) is 16.7. The lowest BCUT2D eigenvalue weighted by Gasteiger charge is -2.26. The summed E-state index contributed by atoms with van der Waals surface area (Å²) in [7, 11) is 0. The smallest absolute Gasteiger partial charge is 0.253 e. The third kappa shape index (κ3) is 3.75. The van der Waals surface area contributed by atoms with E-state index >= 15 is 0 Å². The molecule has 106 valence electrons. The number of nitrogens with zero attached hydrogens (tertiary/aromatic N) is 2. The van der Waals surface area contributed by atoms with Crippen LogP contribution in [0.3, 0.4) is 0 Å². The van der Waals surface area contributed by atoms with Gasteiger partial charge in [-0.1, -0.05) is 44.4 Å². The Morgan fingerprint density at radius 3 is 2.84 bits per heavy atom. The van der Waals surface area contributed by atoms with E-state index in [1.807, 2.05) is 0 Å². The van der Waals surface area contributed by atoms with Gasteiger partial charge in [-0.05, 0) is 25.1 Å². The Labute approximate surface area is 118 Å². The summed E-state index contributed by atoms with van der Waals surface area (Å²) in [4.78, 5) is 16.2. The van der Waals surface area contributed by atoms with Crippen molar-refractivity contribution in [1.82, 2.24) is 9.55 Å². The van der Waals surface area contributed by atoms with Gasteiger partial charge in [0.1, 0.15) is 0 Å². The van der Waals surface area contributed by atoms with Gasteiger partial charge in [-0.25, -0.2) is 4.98 Å². The highest BCUT2D eigenvalue weighted by atomic mass is 32.2. The van der Waals surface area contributed by atoms with Crippen LogP contribution in [0.2, 0.25) is 0 Å². The number of aromatic nitrogens is 2. The first-order valence-electron chi connectivity index (χ1n) is 7.15. The van der Waals surface area contributed by atoms with E-state index in [2.05, 4.69) is 11.9 Å². The maximum atomic E-state index is 12.1. The Morgan fingerprint density at radius 2 is 2.16 bits per heavy atom. The van der Waals surface area contributed by atoms with E-state index in [4.69, 9.17) is 0 Å². The molecule has 1 aromatic rings. The summed E-state index contributed by atoms with van der Waals surface area (Å²) >= 11 is 1.55. The Bertz CT molecular complexity index is 467. The predicted octanol–water partition coefficient (Wildman–Crippen LogP) is 2.71. The monoisotopic (exact) mass is 281 g/mol. The topological polar surface area (TPSA) is 58.0 Å². The van der Waals surface area contributed by atoms with Gasteiger partial charge >= 0.3 is 0 Å².